The van der Waals surface area contributed by atoms with Crippen molar-refractivity contribution in [3.63, 3.8) is 0 Å². The van der Waals surface area contributed by atoms with Crippen LogP contribution in [0.4, 0.5) is 0 Å². The number of nitrogens with one attached hydrogen (secondary N) is 2. The highest BCUT2D eigenvalue weighted by Crippen LogP contribution is 2.08. The highest BCUT2D eigenvalue weighted by atomic mass is 32.2. The number of sulfone groups is 1. The van der Waals surface area contributed by atoms with Crippen molar-refractivity contribution >= 4 is 27.5 Å². The normalized spacial score (nSPS) is 21.5. The lowest BCUT2D eigenvalue weighted by atomic mass is 10.3. The molecule has 0 radical (unpaired) electrons. The zero-order valence-electron chi connectivity index (χ0n) is 8.65. The molecule has 1 saturated heterocycles. The SMILES string of the molecule is CCS(=O)(=O)CCNC(=O)[C@H]1CSCN1. The highest BCUT2D eigenvalue weighted by molar-refractivity contribution is 7.99. The minimum atomic E-state index is -2.98. The maximum Gasteiger partial charge on any atom is 0.238 e. The van der Waals surface area contributed by atoms with Crippen LogP contribution in [0, 0.1) is 0 Å². The molecule has 1 atom stereocenters. The first-order valence-corrected chi connectivity index (χ1v) is 7.82. The molecule has 0 saturated carbocycles. The van der Waals surface area contributed by atoms with Gasteiger partial charge in [0.25, 0.3) is 0 Å². The van der Waals surface area contributed by atoms with Crippen molar-refractivity contribution in [2.24, 2.45) is 0 Å². The summed E-state index contributed by atoms with van der Waals surface area (Å²) in [4.78, 5) is 11.4. The molecule has 5 nitrogen and oxygen atoms in total. The van der Waals surface area contributed by atoms with Crippen molar-refractivity contribution in [3.05, 3.63) is 0 Å². The summed E-state index contributed by atoms with van der Waals surface area (Å²) in [5.74, 6) is 1.58. The van der Waals surface area contributed by atoms with Crippen LogP contribution in [0.3, 0.4) is 0 Å². The molecule has 0 aromatic heterocycles. The minimum Gasteiger partial charge on any atom is -0.354 e. The van der Waals surface area contributed by atoms with Gasteiger partial charge >= 0.3 is 0 Å². The van der Waals surface area contributed by atoms with Gasteiger partial charge in [-0.2, -0.15) is 0 Å². The van der Waals surface area contributed by atoms with E-state index in [1.54, 1.807) is 18.7 Å². The first-order valence-electron chi connectivity index (χ1n) is 4.84. The van der Waals surface area contributed by atoms with Crippen LogP contribution in [0.5, 0.6) is 0 Å². The second-order valence-corrected chi connectivity index (χ2v) is 6.80. The summed E-state index contributed by atoms with van der Waals surface area (Å²) in [7, 11) is -2.98. The molecular formula is C8H16N2O3S2. The summed E-state index contributed by atoms with van der Waals surface area (Å²) in [6, 6.07) is -0.167. The number of carbonyl (C=O) groups excluding carboxylic acids is 1. The Morgan fingerprint density at radius 3 is 2.87 bits per heavy atom. The summed E-state index contributed by atoms with van der Waals surface area (Å²) in [6.45, 7) is 1.81. The summed E-state index contributed by atoms with van der Waals surface area (Å²) >= 11 is 1.66. The Kier molecular flexibility index (Phi) is 4.88. The number of thioether (sulfide) groups is 1. The van der Waals surface area contributed by atoms with Gasteiger partial charge in [0.05, 0.1) is 11.8 Å². The molecule has 0 bridgehead atoms. The average Bonchev–Trinajstić information content (AvgIpc) is 2.70. The third-order valence-electron chi connectivity index (χ3n) is 2.18. The maximum absolute atomic E-state index is 11.4. The van der Waals surface area contributed by atoms with Gasteiger partial charge in [-0.25, -0.2) is 8.42 Å². The van der Waals surface area contributed by atoms with E-state index in [0.29, 0.717) is 0 Å². The topological polar surface area (TPSA) is 75.3 Å². The monoisotopic (exact) mass is 252 g/mol. The highest BCUT2D eigenvalue weighted by Gasteiger charge is 2.22. The third kappa shape index (κ3) is 4.40. The largest absolute Gasteiger partial charge is 0.354 e. The van der Waals surface area contributed by atoms with E-state index < -0.39 is 9.84 Å². The second-order valence-electron chi connectivity index (χ2n) is 3.30. The second kappa shape index (κ2) is 5.72. The van der Waals surface area contributed by atoms with Crippen molar-refractivity contribution in [3.8, 4) is 0 Å². The zero-order valence-corrected chi connectivity index (χ0v) is 10.3. The summed E-state index contributed by atoms with van der Waals surface area (Å²) < 4.78 is 22.3. The first-order chi connectivity index (χ1) is 7.05. The molecule has 88 valence electrons. The van der Waals surface area contributed by atoms with Crippen LogP contribution in [0.15, 0.2) is 0 Å². The third-order valence-corrected chi connectivity index (χ3v) is 4.83. The van der Waals surface area contributed by atoms with Crippen LogP contribution in [0.2, 0.25) is 0 Å². The predicted octanol–water partition coefficient (Wildman–Crippen LogP) is -0.800. The zero-order chi connectivity index (χ0) is 11.3. The summed E-state index contributed by atoms with van der Waals surface area (Å²) in [5, 5.41) is 5.64. The van der Waals surface area contributed by atoms with Gasteiger partial charge in [-0.1, -0.05) is 6.92 Å². The van der Waals surface area contributed by atoms with Crippen LogP contribution >= 0.6 is 11.8 Å². The number of carbonyl (C=O) groups is 1. The summed E-state index contributed by atoms with van der Waals surface area (Å²) in [6.07, 6.45) is 0. The lowest BCUT2D eigenvalue weighted by molar-refractivity contribution is -0.122. The molecule has 1 aliphatic heterocycles. The molecule has 1 heterocycles. The standard InChI is InChI=1S/C8H16N2O3S2/c1-2-15(12,13)4-3-9-8(11)7-5-14-6-10-7/h7,10H,2-6H2,1H3,(H,9,11)/t7-/m1/s1. The molecule has 15 heavy (non-hydrogen) atoms. The lowest BCUT2D eigenvalue weighted by Crippen LogP contribution is -2.43. The van der Waals surface area contributed by atoms with Crippen LogP contribution < -0.4 is 10.6 Å². The first kappa shape index (κ1) is 12.8. The van der Waals surface area contributed by atoms with E-state index in [2.05, 4.69) is 10.6 Å². The van der Waals surface area contributed by atoms with E-state index in [0.717, 1.165) is 11.6 Å². The fourth-order valence-corrected chi connectivity index (χ4v) is 2.80. The van der Waals surface area contributed by atoms with Crippen LogP contribution in [-0.2, 0) is 14.6 Å². The van der Waals surface area contributed by atoms with Gasteiger partial charge in [-0.3, -0.25) is 10.1 Å². The van der Waals surface area contributed by atoms with Gasteiger partial charge in [0.1, 0.15) is 0 Å². The fourth-order valence-electron chi connectivity index (χ4n) is 1.16. The Balaban J connectivity index is 2.22. The van der Waals surface area contributed by atoms with E-state index in [9.17, 15) is 13.2 Å². The molecular weight excluding hydrogens is 236 g/mol. The maximum atomic E-state index is 11.4. The molecule has 0 aromatic rings. The Hall–Kier alpha value is -0.270. The van der Waals surface area contributed by atoms with Crippen molar-refractivity contribution < 1.29 is 13.2 Å². The molecule has 0 aliphatic carbocycles. The van der Waals surface area contributed by atoms with E-state index in [1.165, 1.54) is 0 Å². The van der Waals surface area contributed by atoms with E-state index >= 15 is 0 Å². The number of hydrogen-bond acceptors (Lipinski definition) is 5. The van der Waals surface area contributed by atoms with Gasteiger partial charge in [-0.05, 0) is 0 Å². The van der Waals surface area contributed by atoms with E-state index in [4.69, 9.17) is 0 Å². The Bertz CT molecular complexity index is 310. The van der Waals surface area contributed by atoms with Crippen molar-refractivity contribution in [2.75, 3.05) is 29.7 Å². The molecule has 0 spiro atoms. The van der Waals surface area contributed by atoms with Gasteiger partial charge in [0, 0.05) is 23.9 Å². The van der Waals surface area contributed by atoms with Crippen LogP contribution in [-0.4, -0.2) is 50.0 Å². The van der Waals surface area contributed by atoms with Crippen molar-refractivity contribution in [1.82, 2.24) is 10.6 Å². The molecule has 1 fully saturated rings. The quantitative estimate of drug-likeness (QED) is 0.670. The van der Waals surface area contributed by atoms with Gasteiger partial charge < -0.3 is 5.32 Å². The molecule has 1 rings (SSSR count). The Morgan fingerprint density at radius 2 is 2.33 bits per heavy atom. The smallest absolute Gasteiger partial charge is 0.238 e. The Morgan fingerprint density at radius 1 is 1.60 bits per heavy atom. The average molecular weight is 252 g/mol. The molecule has 7 heteroatoms. The fraction of sp³-hybridized carbons (Fsp3) is 0.875. The molecule has 0 aromatic carbocycles. The van der Waals surface area contributed by atoms with Crippen molar-refractivity contribution in [1.29, 1.82) is 0 Å². The molecule has 0 unspecified atom stereocenters. The summed E-state index contributed by atoms with van der Waals surface area (Å²) in [5.41, 5.74) is 0. The van der Waals surface area contributed by atoms with Gasteiger partial charge in [0.2, 0.25) is 5.91 Å². The number of amides is 1. The number of rotatable bonds is 5. The Labute approximate surface area is 94.3 Å². The van der Waals surface area contributed by atoms with Gasteiger partial charge in [0.15, 0.2) is 9.84 Å². The molecule has 2 N–H and O–H groups in total. The minimum absolute atomic E-state index is 0.0229. The predicted molar refractivity (Wildman–Crippen MR) is 61.6 cm³/mol. The lowest BCUT2D eigenvalue weighted by Gasteiger charge is -2.09. The van der Waals surface area contributed by atoms with Gasteiger partial charge in [-0.15, -0.1) is 11.8 Å². The number of hydrogen-bond donors (Lipinski definition) is 2. The van der Waals surface area contributed by atoms with Crippen LogP contribution in [0.25, 0.3) is 0 Å². The molecule has 1 aliphatic rings. The molecule has 1 amide bonds. The van der Waals surface area contributed by atoms with E-state index in [1.807, 2.05) is 0 Å². The van der Waals surface area contributed by atoms with Crippen LogP contribution in [0.1, 0.15) is 6.92 Å². The van der Waals surface area contributed by atoms with E-state index in [-0.39, 0.29) is 30.0 Å². The van der Waals surface area contributed by atoms with Crippen molar-refractivity contribution in [2.45, 2.75) is 13.0 Å².